The van der Waals surface area contributed by atoms with E-state index in [2.05, 4.69) is 0 Å². The summed E-state index contributed by atoms with van der Waals surface area (Å²) in [5.41, 5.74) is 0. The summed E-state index contributed by atoms with van der Waals surface area (Å²) in [4.78, 5) is 67.5. The Morgan fingerprint density at radius 2 is 1.17 bits per heavy atom. The summed E-state index contributed by atoms with van der Waals surface area (Å²) in [6.07, 6.45) is -1.29. The molecule has 206 valence electrons. The van der Waals surface area contributed by atoms with Crippen molar-refractivity contribution >= 4 is 41.6 Å². The standard InChI is InChI=1S/C9H17NO4.C4H8O3.C3H4O3.2C2H4O2/c1-10(2,3)6-7-14-9(13)5-4-8(11)12;1-2-3(5)4(6)7;1-2(4)3(5)6;2*1-2(3)4/h4-7H2,1-3H3;3,5H,2H2,1H3,(H,6,7);1H3,(H,5,6);2*1H3,(H,3,4). The van der Waals surface area contributed by atoms with Crippen molar-refractivity contribution < 1.29 is 73.4 Å². The Morgan fingerprint density at radius 1 is 0.829 bits per heavy atom. The first-order chi connectivity index (χ1) is 15.6. The third-order valence-electron chi connectivity index (χ3n) is 2.53. The van der Waals surface area contributed by atoms with Crippen LogP contribution >= 0.6 is 0 Å². The minimum absolute atomic E-state index is 0.112. The van der Waals surface area contributed by atoms with E-state index < -0.39 is 47.7 Å². The van der Waals surface area contributed by atoms with Gasteiger partial charge < -0.3 is 44.7 Å². The number of likely N-dealkylation sites (N-methyl/N-ethyl adjacent to an activating group) is 1. The number of carbonyl (C=O) groups is 7. The topological polar surface area (TPSA) is 253 Å². The molecule has 0 amide bonds. The Hall–Kier alpha value is -3.59. The van der Waals surface area contributed by atoms with Gasteiger partial charge in [-0.3, -0.25) is 19.2 Å². The molecule has 1 atom stereocenters. The third-order valence-corrected chi connectivity index (χ3v) is 2.53. The molecule has 35 heavy (non-hydrogen) atoms. The van der Waals surface area contributed by atoms with Crippen LogP contribution in [-0.4, -0.2) is 112 Å². The predicted octanol–water partition coefficient (Wildman–Crippen LogP) is -1.55. The van der Waals surface area contributed by atoms with E-state index in [1.807, 2.05) is 21.1 Å². The van der Waals surface area contributed by atoms with E-state index in [1.54, 1.807) is 6.92 Å². The lowest BCUT2D eigenvalue weighted by atomic mass is 10.3. The number of quaternary nitrogens is 1. The van der Waals surface area contributed by atoms with Crippen molar-refractivity contribution in [3.8, 4) is 0 Å². The number of Topliss-reactive ketones (excluding diaryl/α,β-unsaturated/α-hetero) is 1. The van der Waals surface area contributed by atoms with Crippen LogP contribution in [0.2, 0.25) is 0 Å². The van der Waals surface area contributed by atoms with Gasteiger partial charge in [0.15, 0.2) is 6.10 Å². The number of ketones is 1. The van der Waals surface area contributed by atoms with Crippen LogP contribution in [0.3, 0.4) is 0 Å². The van der Waals surface area contributed by atoms with E-state index in [0.717, 1.165) is 20.8 Å². The zero-order valence-corrected chi connectivity index (χ0v) is 21.0. The molecule has 0 aromatic rings. The first-order valence-electron chi connectivity index (χ1n) is 9.80. The van der Waals surface area contributed by atoms with E-state index >= 15 is 0 Å². The van der Waals surface area contributed by atoms with Crippen molar-refractivity contribution in [2.24, 2.45) is 0 Å². The fourth-order valence-electron chi connectivity index (χ4n) is 0.884. The number of hydrogen-bond acceptors (Lipinski definition) is 10. The van der Waals surface area contributed by atoms with Crippen molar-refractivity contribution in [2.45, 2.75) is 53.1 Å². The molecule has 0 aliphatic carbocycles. The molecule has 15 nitrogen and oxygen atoms in total. The summed E-state index contributed by atoms with van der Waals surface area (Å²) < 4.78 is 5.52. The lowest BCUT2D eigenvalue weighted by molar-refractivity contribution is -0.870. The molecule has 0 fully saturated rings. The van der Waals surface area contributed by atoms with E-state index in [0.29, 0.717) is 17.6 Å². The summed E-state index contributed by atoms with van der Waals surface area (Å²) >= 11 is 0. The van der Waals surface area contributed by atoms with Crippen LogP contribution in [0.5, 0.6) is 0 Å². The second-order valence-electron chi connectivity index (χ2n) is 7.27. The highest BCUT2D eigenvalue weighted by atomic mass is 16.5. The van der Waals surface area contributed by atoms with Crippen molar-refractivity contribution in [3.63, 3.8) is 0 Å². The molecule has 0 rings (SSSR count). The monoisotopic (exact) mass is 515 g/mol. The van der Waals surface area contributed by atoms with Crippen molar-refractivity contribution in [1.82, 2.24) is 0 Å². The SMILES string of the molecule is CC(=O)C(=O)O.CC(=O)O.CC(=O)O.CCC(O)C(=O)O.C[N+](C)(C)CCOC(=O)CCC(=O)[O-]. The summed E-state index contributed by atoms with van der Waals surface area (Å²) in [5.74, 6) is -6.73. The molecular formula is C20H37NO14. The zero-order chi connectivity index (χ0) is 29.4. The number of carbonyl (C=O) groups excluding carboxylic acids is 3. The number of aliphatic hydroxyl groups is 1. The zero-order valence-electron chi connectivity index (χ0n) is 21.0. The second kappa shape index (κ2) is 25.0. The van der Waals surface area contributed by atoms with E-state index in [1.165, 1.54) is 0 Å². The number of aliphatic hydroxyl groups excluding tert-OH is 1. The fourth-order valence-corrected chi connectivity index (χ4v) is 0.884. The van der Waals surface area contributed by atoms with Gasteiger partial charge in [-0.05, 0) is 12.8 Å². The number of rotatable bonds is 9. The minimum Gasteiger partial charge on any atom is -0.550 e. The smallest absolute Gasteiger partial charge is 0.371 e. The van der Waals surface area contributed by atoms with Crippen LogP contribution in [0.15, 0.2) is 0 Å². The van der Waals surface area contributed by atoms with Crippen LogP contribution in [0.1, 0.15) is 47.0 Å². The maximum atomic E-state index is 10.9. The van der Waals surface area contributed by atoms with Crippen molar-refractivity contribution in [1.29, 1.82) is 0 Å². The Labute approximate surface area is 203 Å². The average Bonchev–Trinajstić information content (AvgIpc) is 2.64. The molecule has 0 saturated carbocycles. The summed E-state index contributed by atoms with van der Waals surface area (Å²) in [6.45, 7) is 5.80. The average molecular weight is 516 g/mol. The van der Waals surface area contributed by atoms with E-state index in [-0.39, 0.29) is 19.3 Å². The normalized spacial score (nSPS) is 9.83. The number of nitrogens with zero attached hydrogens (tertiary/aromatic N) is 1. The van der Waals surface area contributed by atoms with Crippen LogP contribution < -0.4 is 5.11 Å². The van der Waals surface area contributed by atoms with Crippen LogP contribution in [0.4, 0.5) is 0 Å². The minimum atomic E-state index is -1.38. The third kappa shape index (κ3) is 72.4. The molecule has 5 N–H and O–H groups in total. The quantitative estimate of drug-likeness (QED) is 0.132. The van der Waals surface area contributed by atoms with Gasteiger partial charge in [0, 0.05) is 26.7 Å². The molecule has 0 aliphatic rings. The van der Waals surface area contributed by atoms with E-state index in [9.17, 15) is 29.1 Å². The number of carboxylic acids is 5. The van der Waals surface area contributed by atoms with Gasteiger partial charge in [0.1, 0.15) is 13.2 Å². The molecule has 0 aromatic heterocycles. The molecule has 0 bridgehead atoms. The number of esters is 1. The second-order valence-corrected chi connectivity index (χ2v) is 7.27. The highest BCUT2D eigenvalue weighted by molar-refractivity contribution is 6.31. The Morgan fingerprint density at radius 3 is 1.34 bits per heavy atom. The number of ether oxygens (including phenoxy) is 1. The van der Waals surface area contributed by atoms with Gasteiger partial charge in [-0.1, -0.05) is 6.92 Å². The molecule has 0 aromatic carbocycles. The maximum absolute atomic E-state index is 10.9. The van der Waals surface area contributed by atoms with Gasteiger partial charge in [-0.25, -0.2) is 9.59 Å². The largest absolute Gasteiger partial charge is 0.550 e. The number of hydrogen-bond donors (Lipinski definition) is 5. The Kier molecular flexibility index (Phi) is 29.8. The Balaban J connectivity index is -0.000000120. The first-order valence-corrected chi connectivity index (χ1v) is 9.80. The first kappa shape index (κ1) is 41.6. The van der Waals surface area contributed by atoms with Crippen LogP contribution in [-0.2, 0) is 38.3 Å². The maximum Gasteiger partial charge on any atom is 0.371 e. The highest BCUT2D eigenvalue weighted by Crippen LogP contribution is 1.94. The highest BCUT2D eigenvalue weighted by Gasteiger charge is 2.09. The summed E-state index contributed by atoms with van der Waals surface area (Å²) in [7, 11) is 5.94. The predicted molar refractivity (Wildman–Crippen MR) is 117 cm³/mol. The van der Waals surface area contributed by atoms with E-state index in [4.69, 9.17) is 39.9 Å². The molecule has 15 heteroatoms. The van der Waals surface area contributed by atoms with Gasteiger partial charge in [-0.2, -0.15) is 0 Å². The van der Waals surface area contributed by atoms with Gasteiger partial charge in [0.05, 0.1) is 27.6 Å². The number of carboxylic acid groups (broad SMARTS) is 5. The van der Waals surface area contributed by atoms with Gasteiger partial charge >= 0.3 is 17.9 Å². The molecule has 0 heterocycles. The molecular weight excluding hydrogens is 478 g/mol. The van der Waals surface area contributed by atoms with Crippen LogP contribution in [0, 0.1) is 0 Å². The van der Waals surface area contributed by atoms with Crippen molar-refractivity contribution in [2.75, 3.05) is 34.3 Å². The lowest BCUT2D eigenvalue weighted by Gasteiger charge is -2.23. The van der Waals surface area contributed by atoms with Crippen molar-refractivity contribution in [3.05, 3.63) is 0 Å². The van der Waals surface area contributed by atoms with Gasteiger partial charge in [0.2, 0.25) is 5.78 Å². The summed E-state index contributed by atoms with van der Waals surface area (Å²) in [5, 5.41) is 48.8. The Bertz CT molecular complexity index is 635. The molecule has 0 aliphatic heterocycles. The molecule has 1 unspecified atom stereocenters. The lowest BCUT2D eigenvalue weighted by Crippen LogP contribution is -2.38. The van der Waals surface area contributed by atoms with Gasteiger partial charge in [0.25, 0.3) is 11.9 Å². The van der Waals surface area contributed by atoms with Gasteiger partial charge in [-0.15, -0.1) is 0 Å². The molecule has 0 saturated heterocycles. The summed E-state index contributed by atoms with van der Waals surface area (Å²) in [6, 6.07) is 0. The molecule has 0 radical (unpaired) electrons. The number of aliphatic carboxylic acids is 5. The van der Waals surface area contributed by atoms with Crippen LogP contribution in [0.25, 0.3) is 0 Å². The molecule has 0 spiro atoms. The fraction of sp³-hybridized carbons (Fsp3) is 0.650.